The molecule has 0 aromatic heterocycles. The Morgan fingerprint density at radius 3 is 2.38 bits per heavy atom. The highest BCUT2D eigenvalue weighted by atomic mass is 16.5. The minimum Gasteiger partial charge on any atom is -0.462 e. The molecule has 0 spiro atoms. The van der Waals surface area contributed by atoms with Gasteiger partial charge in [-0.2, -0.15) is 0 Å². The monoisotopic (exact) mass is 186 g/mol. The lowest BCUT2D eigenvalue weighted by molar-refractivity contribution is -0.149. The third-order valence-corrected chi connectivity index (χ3v) is 2.37. The van der Waals surface area contributed by atoms with Crippen molar-refractivity contribution in [2.24, 2.45) is 5.92 Å². The Morgan fingerprint density at radius 1 is 1.38 bits per heavy atom. The molecule has 0 aliphatic heterocycles. The topological polar surface area (TPSA) is 26.3 Å². The second-order valence-electron chi connectivity index (χ2n) is 3.68. The van der Waals surface area contributed by atoms with E-state index in [0.717, 1.165) is 12.8 Å². The average Bonchev–Trinajstić information content (AvgIpc) is 2.09. The van der Waals surface area contributed by atoms with E-state index in [1.165, 1.54) is 19.8 Å². The Labute approximate surface area is 81.7 Å². The van der Waals surface area contributed by atoms with Gasteiger partial charge in [0.15, 0.2) is 0 Å². The third kappa shape index (κ3) is 5.67. The average molecular weight is 186 g/mol. The van der Waals surface area contributed by atoms with Gasteiger partial charge in [-0.05, 0) is 18.8 Å². The van der Waals surface area contributed by atoms with E-state index in [-0.39, 0.29) is 12.1 Å². The minimum absolute atomic E-state index is 0.115. The van der Waals surface area contributed by atoms with Crippen LogP contribution in [0.15, 0.2) is 0 Å². The van der Waals surface area contributed by atoms with Gasteiger partial charge in [-0.1, -0.05) is 33.6 Å². The highest BCUT2D eigenvalue weighted by Gasteiger charge is 2.17. The fourth-order valence-electron chi connectivity index (χ4n) is 1.53. The van der Waals surface area contributed by atoms with Crippen LogP contribution in [0.3, 0.4) is 0 Å². The Kier molecular flexibility index (Phi) is 6.65. The van der Waals surface area contributed by atoms with Crippen LogP contribution in [0.25, 0.3) is 0 Å². The molecule has 0 bridgehead atoms. The van der Waals surface area contributed by atoms with Gasteiger partial charge < -0.3 is 4.74 Å². The molecule has 2 nitrogen and oxygen atoms in total. The maximum Gasteiger partial charge on any atom is 0.302 e. The molecule has 0 fully saturated rings. The summed E-state index contributed by atoms with van der Waals surface area (Å²) in [6.07, 6.45) is 4.62. The van der Waals surface area contributed by atoms with Gasteiger partial charge in [0.2, 0.25) is 0 Å². The van der Waals surface area contributed by atoms with Gasteiger partial charge in [-0.25, -0.2) is 0 Å². The normalized spacial score (nSPS) is 15.1. The summed E-state index contributed by atoms with van der Waals surface area (Å²) in [6.45, 7) is 7.89. The summed E-state index contributed by atoms with van der Waals surface area (Å²) >= 11 is 0. The van der Waals surface area contributed by atoms with Crippen molar-refractivity contribution in [3.05, 3.63) is 0 Å². The molecule has 0 aliphatic carbocycles. The number of hydrogen-bond acceptors (Lipinski definition) is 2. The molecular weight excluding hydrogens is 164 g/mol. The van der Waals surface area contributed by atoms with E-state index in [9.17, 15) is 4.79 Å². The molecule has 0 saturated heterocycles. The van der Waals surface area contributed by atoms with Gasteiger partial charge in [0, 0.05) is 6.92 Å². The van der Waals surface area contributed by atoms with E-state index in [0.29, 0.717) is 5.92 Å². The van der Waals surface area contributed by atoms with Crippen LogP contribution >= 0.6 is 0 Å². The Balaban J connectivity index is 3.84. The smallest absolute Gasteiger partial charge is 0.302 e. The van der Waals surface area contributed by atoms with E-state index in [4.69, 9.17) is 4.74 Å². The lowest BCUT2D eigenvalue weighted by Crippen LogP contribution is -2.23. The fourth-order valence-corrected chi connectivity index (χ4v) is 1.53. The third-order valence-electron chi connectivity index (χ3n) is 2.37. The van der Waals surface area contributed by atoms with Crippen molar-refractivity contribution in [3.8, 4) is 0 Å². The van der Waals surface area contributed by atoms with Gasteiger partial charge in [0.1, 0.15) is 6.10 Å². The molecule has 0 aromatic rings. The number of unbranched alkanes of at least 4 members (excludes halogenated alkanes) is 1. The summed E-state index contributed by atoms with van der Waals surface area (Å²) < 4.78 is 5.22. The fraction of sp³-hybridized carbons (Fsp3) is 0.909. The Hall–Kier alpha value is -0.530. The van der Waals surface area contributed by atoms with Crippen molar-refractivity contribution in [1.29, 1.82) is 0 Å². The maximum absolute atomic E-state index is 10.8. The summed E-state index contributed by atoms with van der Waals surface area (Å²) in [5.74, 6) is 0.337. The first-order valence-corrected chi connectivity index (χ1v) is 5.29. The maximum atomic E-state index is 10.8. The van der Waals surface area contributed by atoms with E-state index in [1.54, 1.807) is 0 Å². The highest BCUT2D eigenvalue weighted by molar-refractivity contribution is 5.66. The number of esters is 1. The lowest BCUT2D eigenvalue weighted by Gasteiger charge is -2.22. The number of ether oxygens (including phenoxy) is 1. The first-order chi connectivity index (χ1) is 6.11. The SMILES string of the molecule is CCCCC(C)C(CC)OC(C)=O. The number of carbonyl (C=O) groups excluding carboxylic acids is 1. The lowest BCUT2D eigenvalue weighted by atomic mass is 9.96. The van der Waals surface area contributed by atoms with E-state index in [2.05, 4.69) is 20.8 Å². The standard InChI is InChI=1S/C11H22O2/c1-5-7-8-9(3)11(6-2)13-10(4)12/h9,11H,5-8H2,1-4H3. The molecule has 2 atom stereocenters. The summed E-state index contributed by atoms with van der Waals surface area (Å²) in [5.41, 5.74) is 0. The predicted octanol–water partition coefficient (Wildman–Crippen LogP) is 3.15. The van der Waals surface area contributed by atoms with Gasteiger partial charge in [0.25, 0.3) is 0 Å². The zero-order chi connectivity index (χ0) is 10.3. The molecule has 0 saturated carbocycles. The molecule has 0 aliphatic rings. The van der Waals surface area contributed by atoms with Gasteiger partial charge >= 0.3 is 5.97 Å². The van der Waals surface area contributed by atoms with Crippen molar-refractivity contribution in [2.75, 3.05) is 0 Å². The number of hydrogen-bond donors (Lipinski definition) is 0. The largest absolute Gasteiger partial charge is 0.462 e. The number of rotatable bonds is 6. The van der Waals surface area contributed by atoms with Gasteiger partial charge in [-0.15, -0.1) is 0 Å². The summed E-state index contributed by atoms with van der Waals surface area (Å²) in [6, 6.07) is 0. The van der Waals surface area contributed by atoms with Crippen molar-refractivity contribution >= 4 is 5.97 Å². The van der Waals surface area contributed by atoms with Crippen LogP contribution in [0.2, 0.25) is 0 Å². The molecule has 2 unspecified atom stereocenters. The van der Waals surface area contributed by atoms with Crippen molar-refractivity contribution < 1.29 is 9.53 Å². The molecule has 0 heterocycles. The molecule has 0 radical (unpaired) electrons. The van der Waals surface area contributed by atoms with Crippen LogP contribution < -0.4 is 0 Å². The van der Waals surface area contributed by atoms with E-state index < -0.39 is 0 Å². The van der Waals surface area contributed by atoms with Crippen molar-refractivity contribution in [1.82, 2.24) is 0 Å². The summed E-state index contributed by atoms with van der Waals surface area (Å²) in [4.78, 5) is 10.8. The van der Waals surface area contributed by atoms with Crippen LogP contribution in [0.4, 0.5) is 0 Å². The zero-order valence-electron chi connectivity index (χ0n) is 9.30. The Morgan fingerprint density at radius 2 is 2.00 bits per heavy atom. The quantitative estimate of drug-likeness (QED) is 0.596. The van der Waals surface area contributed by atoms with Gasteiger partial charge in [0.05, 0.1) is 0 Å². The van der Waals surface area contributed by atoms with Crippen LogP contribution in [0.5, 0.6) is 0 Å². The molecule has 0 amide bonds. The first-order valence-electron chi connectivity index (χ1n) is 5.29. The first kappa shape index (κ1) is 12.5. The molecule has 2 heteroatoms. The van der Waals surface area contributed by atoms with Crippen LogP contribution in [0.1, 0.15) is 53.4 Å². The second-order valence-corrected chi connectivity index (χ2v) is 3.68. The summed E-state index contributed by atoms with van der Waals surface area (Å²) in [5, 5.41) is 0. The second kappa shape index (κ2) is 6.93. The van der Waals surface area contributed by atoms with Crippen molar-refractivity contribution in [3.63, 3.8) is 0 Å². The van der Waals surface area contributed by atoms with Crippen molar-refractivity contribution in [2.45, 2.75) is 59.5 Å². The van der Waals surface area contributed by atoms with E-state index >= 15 is 0 Å². The van der Waals surface area contributed by atoms with Gasteiger partial charge in [-0.3, -0.25) is 4.79 Å². The predicted molar refractivity (Wildman–Crippen MR) is 54.5 cm³/mol. The molecule has 0 aromatic carbocycles. The van der Waals surface area contributed by atoms with Crippen LogP contribution in [0, 0.1) is 5.92 Å². The molecular formula is C11H22O2. The summed E-state index contributed by atoms with van der Waals surface area (Å²) in [7, 11) is 0. The van der Waals surface area contributed by atoms with Crippen LogP contribution in [-0.4, -0.2) is 12.1 Å². The highest BCUT2D eigenvalue weighted by Crippen LogP contribution is 2.17. The minimum atomic E-state index is -0.157. The van der Waals surface area contributed by atoms with E-state index in [1.807, 2.05) is 0 Å². The molecule has 0 rings (SSSR count). The molecule has 0 N–H and O–H groups in total. The zero-order valence-corrected chi connectivity index (χ0v) is 9.30. The number of carbonyl (C=O) groups is 1. The molecule has 13 heavy (non-hydrogen) atoms. The van der Waals surface area contributed by atoms with Crippen LogP contribution in [-0.2, 0) is 9.53 Å². The molecule has 78 valence electrons. The Bertz CT molecular complexity index is 143.